The van der Waals surface area contributed by atoms with E-state index in [0.29, 0.717) is 18.1 Å². The number of carbonyl (C=O) groups is 1. The van der Waals surface area contributed by atoms with Gasteiger partial charge in [-0.25, -0.2) is 4.79 Å². The lowest BCUT2D eigenvalue weighted by Crippen LogP contribution is -2.08. The number of ether oxygens (including phenoxy) is 1. The second-order valence-corrected chi connectivity index (χ2v) is 3.43. The van der Waals surface area contributed by atoms with Gasteiger partial charge in [0.15, 0.2) is 0 Å². The van der Waals surface area contributed by atoms with Crippen LogP contribution in [0.5, 0.6) is 0 Å². The van der Waals surface area contributed by atoms with Crippen molar-refractivity contribution in [1.82, 2.24) is 4.98 Å². The molecule has 3 heteroatoms. The van der Waals surface area contributed by atoms with E-state index in [4.69, 9.17) is 4.74 Å². The third-order valence-corrected chi connectivity index (χ3v) is 2.30. The lowest BCUT2D eigenvalue weighted by Gasteiger charge is -2.05. The Morgan fingerprint density at radius 3 is 3.07 bits per heavy atom. The van der Waals surface area contributed by atoms with Crippen molar-refractivity contribution in [3.63, 3.8) is 0 Å². The van der Waals surface area contributed by atoms with E-state index in [2.05, 4.69) is 4.98 Å². The van der Waals surface area contributed by atoms with Gasteiger partial charge in [0.25, 0.3) is 0 Å². The Kier molecular flexibility index (Phi) is 2.48. The van der Waals surface area contributed by atoms with Gasteiger partial charge >= 0.3 is 5.97 Å². The van der Waals surface area contributed by atoms with Gasteiger partial charge in [-0.2, -0.15) is 0 Å². The van der Waals surface area contributed by atoms with Gasteiger partial charge in [0.2, 0.25) is 0 Å². The molecule has 3 nitrogen and oxygen atoms in total. The van der Waals surface area contributed by atoms with Crippen LogP contribution in [-0.4, -0.2) is 17.6 Å². The molecule has 2 rings (SSSR count). The maximum absolute atomic E-state index is 11.5. The highest BCUT2D eigenvalue weighted by molar-refractivity contribution is 5.90. The van der Waals surface area contributed by atoms with Crippen LogP contribution in [0.4, 0.5) is 0 Å². The number of nitrogens with zero attached hydrogens (tertiary/aromatic N) is 1. The number of esters is 1. The summed E-state index contributed by atoms with van der Waals surface area (Å²) in [5, 5.41) is 0. The highest BCUT2D eigenvalue weighted by Gasteiger charge is 2.29. The standard InChI is InChI=1S/C11H13NO2/c1-2-14-11(13)9-4-3-7-12-10(9)8-5-6-8/h3-4,7-8H,2,5-6H2,1H3. The lowest BCUT2D eigenvalue weighted by molar-refractivity contribution is 0.0524. The normalized spacial score (nSPS) is 15.2. The Morgan fingerprint density at radius 2 is 2.43 bits per heavy atom. The summed E-state index contributed by atoms with van der Waals surface area (Å²) < 4.78 is 4.97. The predicted octanol–water partition coefficient (Wildman–Crippen LogP) is 2.14. The maximum atomic E-state index is 11.5. The van der Waals surface area contributed by atoms with Gasteiger partial charge in [0.05, 0.1) is 17.9 Å². The quantitative estimate of drug-likeness (QED) is 0.687. The van der Waals surface area contributed by atoms with Gasteiger partial charge in [-0.15, -0.1) is 0 Å². The van der Waals surface area contributed by atoms with Crippen LogP contribution in [-0.2, 0) is 4.74 Å². The molecule has 0 amide bonds. The second-order valence-electron chi connectivity index (χ2n) is 3.43. The monoisotopic (exact) mass is 191 g/mol. The molecule has 1 aliphatic carbocycles. The van der Waals surface area contributed by atoms with E-state index in [1.54, 1.807) is 18.3 Å². The van der Waals surface area contributed by atoms with Crippen LogP contribution in [0.25, 0.3) is 0 Å². The first kappa shape index (κ1) is 9.19. The molecule has 0 atom stereocenters. The maximum Gasteiger partial charge on any atom is 0.339 e. The lowest BCUT2D eigenvalue weighted by atomic mass is 10.1. The minimum absolute atomic E-state index is 0.248. The van der Waals surface area contributed by atoms with Crippen LogP contribution < -0.4 is 0 Å². The number of hydrogen-bond acceptors (Lipinski definition) is 3. The van der Waals surface area contributed by atoms with Crippen molar-refractivity contribution in [2.75, 3.05) is 6.61 Å². The highest BCUT2D eigenvalue weighted by Crippen LogP contribution is 2.40. The van der Waals surface area contributed by atoms with E-state index in [-0.39, 0.29) is 5.97 Å². The minimum Gasteiger partial charge on any atom is -0.462 e. The number of carbonyl (C=O) groups excluding carboxylic acids is 1. The largest absolute Gasteiger partial charge is 0.462 e. The zero-order valence-electron chi connectivity index (χ0n) is 8.19. The number of pyridine rings is 1. The molecule has 0 radical (unpaired) electrons. The molecule has 0 bridgehead atoms. The summed E-state index contributed by atoms with van der Waals surface area (Å²) in [4.78, 5) is 15.8. The summed E-state index contributed by atoms with van der Waals surface area (Å²) in [6, 6.07) is 3.57. The average Bonchev–Trinajstić information content (AvgIpc) is 3.01. The summed E-state index contributed by atoms with van der Waals surface area (Å²) in [5.41, 5.74) is 1.54. The summed E-state index contributed by atoms with van der Waals surface area (Å²) in [7, 11) is 0. The fourth-order valence-corrected chi connectivity index (χ4v) is 1.48. The van der Waals surface area contributed by atoms with Gasteiger partial charge in [-0.1, -0.05) is 0 Å². The Balaban J connectivity index is 2.26. The molecule has 74 valence electrons. The molecule has 0 aromatic carbocycles. The second kappa shape index (κ2) is 3.78. The molecular formula is C11H13NO2. The number of aromatic nitrogens is 1. The fraction of sp³-hybridized carbons (Fsp3) is 0.455. The predicted molar refractivity (Wildman–Crippen MR) is 52.2 cm³/mol. The van der Waals surface area contributed by atoms with Crippen LogP contribution in [0.1, 0.15) is 41.7 Å². The topological polar surface area (TPSA) is 39.2 Å². The van der Waals surface area contributed by atoms with Crippen LogP contribution >= 0.6 is 0 Å². The zero-order valence-corrected chi connectivity index (χ0v) is 8.19. The van der Waals surface area contributed by atoms with Crippen molar-refractivity contribution < 1.29 is 9.53 Å². The molecule has 0 aliphatic heterocycles. The third-order valence-electron chi connectivity index (χ3n) is 2.30. The van der Waals surface area contributed by atoms with Crippen LogP contribution in [0, 0.1) is 0 Å². The Bertz CT molecular complexity index is 345. The SMILES string of the molecule is CCOC(=O)c1cccnc1C1CC1. The molecular weight excluding hydrogens is 178 g/mol. The molecule has 1 aromatic rings. The smallest absolute Gasteiger partial charge is 0.339 e. The first-order chi connectivity index (χ1) is 6.83. The van der Waals surface area contributed by atoms with Crippen molar-refractivity contribution in [3.05, 3.63) is 29.6 Å². The molecule has 0 saturated heterocycles. The Hall–Kier alpha value is -1.38. The van der Waals surface area contributed by atoms with Crippen molar-refractivity contribution in [1.29, 1.82) is 0 Å². The van der Waals surface area contributed by atoms with Crippen molar-refractivity contribution in [2.45, 2.75) is 25.7 Å². The first-order valence-electron chi connectivity index (χ1n) is 4.95. The Morgan fingerprint density at radius 1 is 1.64 bits per heavy atom. The summed E-state index contributed by atoms with van der Waals surface area (Å²) >= 11 is 0. The molecule has 1 saturated carbocycles. The van der Waals surface area contributed by atoms with Crippen LogP contribution in [0.2, 0.25) is 0 Å². The molecule has 0 spiro atoms. The molecule has 1 aliphatic rings. The van der Waals surface area contributed by atoms with E-state index in [1.807, 2.05) is 6.92 Å². The molecule has 1 fully saturated rings. The molecule has 1 heterocycles. The summed E-state index contributed by atoms with van der Waals surface area (Å²) in [5.74, 6) is 0.234. The van der Waals surface area contributed by atoms with E-state index < -0.39 is 0 Å². The van der Waals surface area contributed by atoms with E-state index in [1.165, 1.54) is 0 Å². The Labute approximate surface area is 83.1 Å². The number of hydrogen-bond donors (Lipinski definition) is 0. The van der Waals surface area contributed by atoms with Gasteiger partial charge in [-0.05, 0) is 31.9 Å². The zero-order chi connectivity index (χ0) is 9.97. The van der Waals surface area contributed by atoms with E-state index in [0.717, 1.165) is 18.5 Å². The highest BCUT2D eigenvalue weighted by atomic mass is 16.5. The summed E-state index contributed by atoms with van der Waals surface area (Å²) in [6.07, 6.45) is 4.02. The van der Waals surface area contributed by atoms with Gasteiger partial charge in [-0.3, -0.25) is 4.98 Å². The van der Waals surface area contributed by atoms with E-state index >= 15 is 0 Å². The first-order valence-corrected chi connectivity index (χ1v) is 4.95. The van der Waals surface area contributed by atoms with Gasteiger partial charge in [0.1, 0.15) is 0 Å². The average molecular weight is 191 g/mol. The van der Waals surface area contributed by atoms with Gasteiger partial charge < -0.3 is 4.74 Å². The summed E-state index contributed by atoms with van der Waals surface area (Å²) in [6.45, 7) is 2.23. The molecule has 1 aromatic heterocycles. The number of rotatable bonds is 3. The van der Waals surface area contributed by atoms with Crippen molar-refractivity contribution in [3.8, 4) is 0 Å². The van der Waals surface area contributed by atoms with Crippen LogP contribution in [0.3, 0.4) is 0 Å². The third kappa shape index (κ3) is 1.76. The van der Waals surface area contributed by atoms with Gasteiger partial charge in [0, 0.05) is 12.1 Å². The molecule has 14 heavy (non-hydrogen) atoms. The van der Waals surface area contributed by atoms with Crippen LogP contribution in [0.15, 0.2) is 18.3 Å². The van der Waals surface area contributed by atoms with Crippen molar-refractivity contribution >= 4 is 5.97 Å². The minimum atomic E-state index is -0.248. The molecule has 0 unspecified atom stereocenters. The van der Waals surface area contributed by atoms with Crippen molar-refractivity contribution in [2.24, 2.45) is 0 Å². The van der Waals surface area contributed by atoms with E-state index in [9.17, 15) is 4.79 Å². The fourth-order valence-electron chi connectivity index (χ4n) is 1.48. The molecule has 0 N–H and O–H groups in total.